The maximum absolute atomic E-state index is 5.97. The van der Waals surface area contributed by atoms with Crippen molar-refractivity contribution in [3.63, 3.8) is 0 Å². The van der Waals surface area contributed by atoms with Crippen LogP contribution < -0.4 is 5.73 Å². The molecular weight excluding hydrogens is 202 g/mol. The van der Waals surface area contributed by atoms with Crippen molar-refractivity contribution in [1.82, 2.24) is 9.78 Å². The maximum Gasteiger partial charge on any atom is 0.0756 e. The van der Waals surface area contributed by atoms with Gasteiger partial charge >= 0.3 is 0 Å². The van der Waals surface area contributed by atoms with E-state index in [4.69, 9.17) is 10.5 Å². The van der Waals surface area contributed by atoms with E-state index in [9.17, 15) is 0 Å². The number of aromatic nitrogens is 2. The molecule has 0 aliphatic carbocycles. The Labute approximate surface area is 96.8 Å². The molecule has 1 aromatic rings. The van der Waals surface area contributed by atoms with Crippen LogP contribution in [0, 0.1) is 13.8 Å². The van der Waals surface area contributed by atoms with Gasteiger partial charge in [-0.25, -0.2) is 0 Å². The van der Waals surface area contributed by atoms with E-state index in [-0.39, 0.29) is 6.04 Å². The van der Waals surface area contributed by atoms with Gasteiger partial charge < -0.3 is 10.5 Å². The molecule has 2 N–H and O–H groups in total. The molecule has 2 atom stereocenters. The average molecular weight is 223 g/mol. The van der Waals surface area contributed by atoms with Crippen molar-refractivity contribution in [3.8, 4) is 0 Å². The van der Waals surface area contributed by atoms with Crippen LogP contribution in [0.25, 0.3) is 0 Å². The van der Waals surface area contributed by atoms with Crippen LogP contribution in [0.2, 0.25) is 0 Å². The van der Waals surface area contributed by atoms with Gasteiger partial charge in [-0.2, -0.15) is 5.10 Å². The first kappa shape index (κ1) is 11.6. The third-order valence-corrected chi connectivity index (χ3v) is 3.32. The minimum absolute atomic E-state index is 0.0539. The largest absolute Gasteiger partial charge is 0.379 e. The van der Waals surface area contributed by atoms with Crippen LogP contribution in [0.15, 0.2) is 0 Å². The molecule has 4 nitrogen and oxygen atoms in total. The molecule has 2 heterocycles. The van der Waals surface area contributed by atoms with E-state index in [2.05, 4.69) is 16.7 Å². The van der Waals surface area contributed by atoms with E-state index >= 15 is 0 Å². The Morgan fingerprint density at radius 1 is 1.50 bits per heavy atom. The zero-order valence-corrected chi connectivity index (χ0v) is 10.4. The Morgan fingerprint density at radius 3 is 2.75 bits per heavy atom. The number of nitrogens with zero attached hydrogens (tertiary/aromatic N) is 2. The van der Waals surface area contributed by atoms with Crippen LogP contribution in [-0.4, -0.2) is 23.0 Å². The van der Waals surface area contributed by atoms with E-state index in [1.807, 2.05) is 13.8 Å². The summed E-state index contributed by atoms with van der Waals surface area (Å²) in [6.07, 6.45) is 2.27. The number of hydrogen-bond donors (Lipinski definition) is 1. The van der Waals surface area contributed by atoms with E-state index < -0.39 is 0 Å². The predicted molar refractivity (Wildman–Crippen MR) is 63.4 cm³/mol. The van der Waals surface area contributed by atoms with Gasteiger partial charge in [0.05, 0.1) is 18.3 Å². The van der Waals surface area contributed by atoms with Gasteiger partial charge in [-0.05, 0) is 33.6 Å². The summed E-state index contributed by atoms with van der Waals surface area (Å²) in [5.41, 5.74) is 9.41. The summed E-state index contributed by atoms with van der Waals surface area (Å²) in [7, 11) is 0. The smallest absolute Gasteiger partial charge is 0.0756 e. The van der Waals surface area contributed by atoms with Gasteiger partial charge in [0.1, 0.15) is 0 Å². The highest BCUT2D eigenvalue weighted by Gasteiger charge is 2.22. The lowest BCUT2D eigenvalue weighted by molar-refractivity contribution is 0.0541. The van der Waals surface area contributed by atoms with Gasteiger partial charge in [0.2, 0.25) is 0 Å². The van der Waals surface area contributed by atoms with Crippen molar-refractivity contribution < 1.29 is 4.74 Å². The molecule has 1 fully saturated rings. The lowest BCUT2D eigenvalue weighted by atomic mass is 10.1. The zero-order chi connectivity index (χ0) is 11.7. The second-order valence-corrected chi connectivity index (χ2v) is 4.69. The van der Waals surface area contributed by atoms with Gasteiger partial charge in [-0.15, -0.1) is 0 Å². The van der Waals surface area contributed by atoms with Gasteiger partial charge in [0.15, 0.2) is 0 Å². The highest BCUT2D eigenvalue weighted by Crippen LogP contribution is 2.26. The molecule has 2 rings (SSSR count). The van der Waals surface area contributed by atoms with Gasteiger partial charge in [0, 0.05) is 23.9 Å². The average Bonchev–Trinajstić information content (AvgIpc) is 2.55. The van der Waals surface area contributed by atoms with Crippen molar-refractivity contribution in [1.29, 1.82) is 0 Å². The third kappa shape index (κ3) is 1.99. The Bertz CT molecular complexity index is 365. The van der Waals surface area contributed by atoms with E-state index in [1.165, 1.54) is 11.3 Å². The predicted octanol–water partition coefficient (Wildman–Crippen LogP) is 1.87. The summed E-state index contributed by atoms with van der Waals surface area (Å²) in [5.74, 6) is 0. The molecule has 1 aliphatic heterocycles. The van der Waals surface area contributed by atoms with Crippen LogP contribution >= 0.6 is 0 Å². The molecule has 16 heavy (non-hydrogen) atoms. The fourth-order valence-corrected chi connectivity index (χ4v) is 2.61. The molecule has 1 aromatic heterocycles. The number of aryl methyl sites for hydroxylation is 1. The van der Waals surface area contributed by atoms with Crippen LogP contribution in [0.1, 0.15) is 48.8 Å². The van der Waals surface area contributed by atoms with Crippen molar-refractivity contribution in [2.75, 3.05) is 13.2 Å². The monoisotopic (exact) mass is 223 g/mol. The van der Waals surface area contributed by atoms with E-state index in [0.29, 0.717) is 6.04 Å². The number of hydrogen-bond acceptors (Lipinski definition) is 3. The summed E-state index contributed by atoms with van der Waals surface area (Å²) >= 11 is 0. The van der Waals surface area contributed by atoms with Gasteiger partial charge in [-0.1, -0.05) is 0 Å². The summed E-state index contributed by atoms with van der Waals surface area (Å²) in [6, 6.07) is 0.443. The normalized spacial score (nSPS) is 23.4. The molecule has 4 heteroatoms. The SMILES string of the molecule is Cc1nn(C2CCCOC2)c(C)c1C(C)N. The van der Waals surface area contributed by atoms with Crippen molar-refractivity contribution in [2.45, 2.75) is 45.7 Å². The summed E-state index contributed by atoms with van der Waals surface area (Å²) in [6.45, 7) is 7.81. The van der Waals surface area contributed by atoms with Crippen molar-refractivity contribution in [3.05, 3.63) is 17.0 Å². The molecule has 0 spiro atoms. The molecule has 1 aliphatic rings. The standard InChI is InChI=1S/C12H21N3O/c1-8(13)12-9(2)14-15(10(12)3)11-5-4-6-16-7-11/h8,11H,4-7,13H2,1-3H3. The third-order valence-electron chi connectivity index (χ3n) is 3.32. The summed E-state index contributed by atoms with van der Waals surface area (Å²) in [5, 5.41) is 4.61. The lowest BCUT2D eigenvalue weighted by Crippen LogP contribution is -2.23. The summed E-state index contributed by atoms with van der Waals surface area (Å²) in [4.78, 5) is 0. The molecule has 0 bridgehead atoms. The Balaban J connectivity index is 2.30. The van der Waals surface area contributed by atoms with Crippen molar-refractivity contribution in [2.24, 2.45) is 5.73 Å². The second kappa shape index (κ2) is 4.55. The molecule has 2 unspecified atom stereocenters. The van der Waals surface area contributed by atoms with Gasteiger partial charge in [-0.3, -0.25) is 4.68 Å². The fourth-order valence-electron chi connectivity index (χ4n) is 2.61. The molecule has 0 aromatic carbocycles. The minimum Gasteiger partial charge on any atom is -0.379 e. The molecule has 0 amide bonds. The van der Waals surface area contributed by atoms with Crippen LogP contribution in [0.4, 0.5) is 0 Å². The molecule has 1 saturated heterocycles. The van der Waals surface area contributed by atoms with Gasteiger partial charge in [0.25, 0.3) is 0 Å². The van der Waals surface area contributed by atoms with Crippen LogP contribution in [0.5, 0.6) is 0 Å². The quantitative estimate of drug-likeness (QED) is 0.832. The highest BCUT2D eigenvalue weighted by atomic mass is 16.5. The molecule has 90 valence electrons. The molecular formula is C12H21N3O. The Morgan fingerprint density at radius 2 is 2.25 bits per heavy atom. The Kier molecular flexibility index (Phi) is 3.30. The Hall–Kier alpha value is -0.870. The number of rotatable bonds is 2. The molecule has 0 radical (unpaired) electrons. The zero-order valence-electron chi connectivity index (χ0n) is 10.4. The van der Waals surface area contributed by atoms with E-state index in [1.54, 1.807) is 0 Å². The number of nitrogens with two attached hydrogens (primary N) is 1. The topological polar surface area (TPSA) is 53.1 Å². The number of ether oxygens (including phenoxy) is 1. The maximum atomic E-state index is 5.97. The first-order valence-electron chi connectivity index (χ1n) is 6.00. The second-order valence-electron chi connectivity index (χ2n) is 4.69. The molecule has 0 saturated carbocycles. The minimum atomic E-state index is 0.0539. The first-order valence-corrected chi connectivity index (χ1v) is 6.00. The fraction of sp³-hybridized carbons (Fsp3) is 0.750. The first-order chi connectivity index (χ1) is 7.61. The lowest BCUT2D eigenvalue weighted by Gasteiger charge is -2.23. The van der Waals surface area contributed by atoms with Crippen LogP contribution in [-0.2, 0) is 4.74 Å². The van der Waals surface area contributed by atoms with Crippen LogP contribution in [0.3, 0.4) is 0 Å². The highest BCUT2D eigenvalue weighted by molar-refractivity contribution is 5.27. The van der Waals surface area contributed by atoms with Crippen molar-refractivity contribution >= 4 is 0 Å². The summed E-state index contributed by atoms with van der Waals surface area (Å²) < 4.78 is 7.61. The van der Waals surface area contributed by atoms with E-state index in [0.717, 1.165) is 31.7 Å².